The van der Waals surface area contributed by atoms with Gasteiger partial charge in [-0.15, -0.1) is 0 Å². The fourth-order valence-corrected chi connectivity index (χ4v) is 3.78. The lowest BCUT2D eigenvalue weighted by Crippen LogP contribution is -2.52. The van der Waals surface area contributed by atoms with Crippen molar-refractivity contribution in [2.24, 2.45) is 5.41 Å². The number of carbonyl (C=O) groups is 2. The third-order valence-corrected chi connectivity index (χ3v) is 5.02. The van der Waals surface area contributed by atoms with Gasteiger partial charge in [-0.05, 0) is 18.3 Å². The molecule has 0 atom stereocenters. The molecule has 2 rings (SSSR count). The maximum Gasteiger partial charge on any atom is 0.303 e. The summed E-state index contributed by atoms with van der Waals surface area (Å²) in [5.74, 6) is -0.727. The minimum atomic E-state index is -0.833. The average molecular weight is 310 g/mol. The van der Waals surface area contributed by atoms with Crippen molar-refractivity contribution >= 4 is 11.9 Å². The van der Waals surface area contributed by atoms with E-state index in [4.69, 9.17) is 5.11 Å². The molecule has 1 aliphatic heterocycles. The molecule has 2 aliphatic rings. The van der Waals surface area contributed by atoms with Crippen LogP contribution < -0.4 is 0 Å². The summed E-state index contributed by atoms with van der Waals surface area (Å²) in [5, 5.41) is 8.92. The number of hydrogen-bond donors (Lipinski definition) is 1. The molecule has 1 saturated heterocycles. The number of aliphatic carboxylic acids is 1. The molecule has 0 aromatic heterocycles. The summed E-state index contributed by atoms with van der Waals surface area (Å²) in [6.07, 6.45) is 7.02. The van der Waals surface area contributed by atoms with Gasteiger partial charge in [0, 0.05) is 38.6 Å². The van der Waals surface area contributed by atoms with E-state index in [1.54, 1.807) is 0 Å². The molecule has 2 fully saturated rings. The van der Waals surface area contributed by atoms with Gasteiger partial charge in [-0.25, -0.2) is 0 Å². The smallest absolute Gasteiger partial charge is 0.303 e. The number of amides is 1. The van der Waals surface area contributed by atoms with Crippen molar-refractivity contribution in [3.63, 3.8) is 0 Å². The fourth-order valence-electron chi connectivity index (χ4n) is 3.78. The van der Waals surface area contributed by atoms with Crippen molar-refractivity contribution in [2.75, 3.05) is 26.2 Å². The van der Waals surface area contributed by atoms with Crippen molar-refractivity contribution in [3.05, 3.63) is 0 Å². The molecule has 0 bridgehead atoms. The normalized spacial score (nSPS) is 21.8. The second-order valence-electron chi connectivity index (χ2n) is 7.62. The Hall–Kier alpha value is -1.10. The van der Waals surface area contributed by atoms with Crippen LogP contribution in [-0.4, -0.2) is 59.0 Å². The number of hydrogen-bond acceptors (Lipinski definition) is 3. The lowest BCUT2D eigenvalue weighted by atomic mass is 9.85. The third kappa shape index (κ3) is 4.97. The number of carboxylic acids is 1. The molecule has 1 aliphatic carbocycles. The van der Waals surface area contributed by atoms with Crippen molar-refractivity contribution in [1.82, 2.24) is 9.80 Å². The Balaban J connectivity index is 1.78. The van der Waals surface area contributed by atoms with E-state index in [-0.39, 0.29) is 12.3 Å². The van der Waals surface area contributed by atoms with Crippen LogP contribution in [0.4, 0.5) is 0 Å². The summed E-state index contributed by atoms with van der Waals surface area (Å²) in [7, 11) is 0. The second kappa shape index (κ2) is 7.44. The third-order valence-electron chi connectivity index (χ3n) is 5.02. The fraction of sp³-hybridized carbons (Fsp3) is 0.882. The van der Waals surface area contributed by atoms with Gasteiger partial charge < -0.3 is 10.0 Å². The zero-order valence-electron chi connectivity index (χ0n) is 14.0. The van der Waals surface area contributed by atoms with Gasteiger partial charge in [0.15, 0.2) is 0 Å². The molecule has 5 heteroatoms. The van der Waals surface area contributed by atoms with Crippen molar-refractivity contribution in [3.8, 4) is 0 Å². The molecule has 0 aromatic rings. The molecular formula is C17H30N2O3. The molecule has 0 unspecified atom stereocenters. The largest absolute Gasteiger partial charge is 0.481 e. The van der Waals surface area contributed by atoms with Gasteiger partial charge in [-0.2, -0.15) is 0 Å². The topological polar surface area (TPSA) is 60.9 Å². The van der Waals surface area contributed by atoms with Crippen LogP contribution in [-0.2, 0) is 9.59 Å². The van der Waals surface area contributed by atoms with Crippen LogP contribution in [0.2, 0.25) is 0 Å². The van der Waals surface area contributed by atoms with Gasteiger partial charge in [0.25, 0.3) is 0 Å². The first-order chi connectivity index (χ1) is 10.4. The van der Waals surface area contributed by atoms with E-state index in [0.717, 1.165) is 32.2 Å². The quantitative estimate of drug-likeness (QED) is 0.847. The molecule has 0 radical (unpaired) electrons. The zero-order chi connectivity index (χ0) is 16.2. The van der Waals surface area contributed by atoms with Crippen LogP contribution in [0, 0.1) is 5.41 Å². The Labute approximate surface area is 133 Å². The Morgan fingerprint density at radius 1 is 1.00 bits per heavy atom. The van der Waals surface area contributed by atoms with Gasteiger partial charge in [0.2, 0.25) is 5.91 Å². The van der Waals surface area contributed by atoms with Gasteiger partial charge in [-0.3, -0.25) is 14.5 Å². The first-order valence-electron chi connectivity index (χ1n) is 8.61. The standard InChI is InChI=1S/C17H30N2O3/c1-17(2,13-16(21)22)12-15(20)19-10-8-18(9-11-19)14-6-4-3-5-7-14/h14H,3-13H2,1-2H3,(H,21,22). The molecule has 5 nitrogen and oxygen atoms in total. The number of carbonyl (C=O) groups excluding carboxylic acids is 1. The minimum absolute atomic E-state index is 0.0424. The van der Waals surface area contributed by atoms with Crippen molar-refractivity contribution in [1.29, 1.82) is 0 Å². The highest BCUT2D eigenvalue weighted by Crippen LogP contribution is 2.27. The average Bonchev–Trinajstić information content (AvgIpc) is 2.46. The van der Waals surface area contributed by atoms with Crippen molar-refractivity contribution < 1.29 is 14.7 Å². The molecule has 0 spiro atoms. The highest BCUT2D eigenvalue weighted by atomic mass is 16.4. The molecule has 126 valence electrons. The van der Waals surface area contributed by atoms with Gasteiger partial charge in [0.1, 0.15) is 0 Å². The van der Waals surface area contributed by atoms with E-state index in [1.807, 2.05) is 18.7 Å². The summed E-state index contributed by atoms with van der Waals surface area (Å²) < 4.78 is 0. The number of nitrogens with zero attached hydrogens (tertiary/aromatic N) is 2. The molecule has 1 saturated carbocycles. The molecule has 22 heavy (non-hydrogen) atoms. The SMILES string of the molecule is CC(C)(CC(=O)O)CC(=O)N1CCN(C2CCCCC2)CC1. The number of carboxylic acid groups (broad SMARTS) is 1. The highest BCUT2D eigenvalue weighted by molar-refractivity contribution is 5.78. The molecule has 1 heterocycles. The molecule has 0 aromatic carbocycles. The van der Waals surface area contributed by atoms with Gasteiger partial charge in [-0.1, -0.05) is 33.1 Å². The summed E-state index contributed by atoms with van der Waals surface area (Å²) in [6.45, 7) is 7.23. The van der Waals surface area contributed by atoms with Crippen molar-refractivity contribution in [2.45, 2.75) is 64.8 Å². The van der Waals surface area contributed by atoms with E-state index in [9.17, 15) is 9.59 Å². The maximum absolute atomic E-state index is 12.4. The second-order valence-corrected chi connectivity index (χ2v) is 7.62. The molecule has 1 N–H and O–H groups in total. The van der Waals surface area contributed by atoms with Crippen LogP contribution in [0.5, 0.6) is 0 Å². The predicted octanol–water partition coefficient (Wildman–Crippen LogP) is 2.35. The Morgan fingerprint density at radius 3 is 2.14 bits per heavy atom. The van der Waals surface area contributed by atoms with Crippen LogP contribution in [0.15, 0.2) is 0 Å². The van der Waals surface area contributed by atoms with Crippen LogP contribution in [0.3, 0.4) is 0 Å². The van der Waals surface area contributed by atoms with Gasteiger partial charge >= 0.3 is 5.97 Å². The van der Waals surface area contributed by atoms with Crippen LogP contribution >= 0.6 is 0 Å². The van der Waals surface area contributed by atoms with Crippen LogP contribution in [0.25, 0.3) is 0 Å². The van der Waals surface area contributed by atoms with Gasteiger partial charge in [0.05, 0.1) is 6.42 Å². The first kappa shape index (κ1) is 17.3. The van der Waals surface area contributed by atoms with E-state index in [2.05, 4.69) is 4.90 Å². The van der Waals surface area contributed by atoms with Crippen LogP contribution in [0.1, 0.15) is 58.8 Å². The van der Waals surface area contributed by atoms with E-state index >= 15 is 0 Å². The summed E-state index contributed by atoms with van der Waals surface area (Å²) >= 11 is 0. The van der Waals surface area contributed by atoms with E-state index in [1.165, 1.54) is 32.1 Å². The summed E-state index contributed by atoms with van der Waals surface area (Å²) in [6, 6.07) is 0.717. The monoisotopic (exact) mass is 310 g/mol. The minimum Gasteiger partial charge on any atom is -0.481 e. The molecular weight excluding hydrogens is 280 g/mol. The lowest BCUT2D eigenvalue weighted by molar-refractivity contribution is -0.141. The summed E-state index contributed by atoms with van der Waals surface area (Å²) in [5.41, 5.74) is -0.469. The predicted molar refractivity (Wildman–Crippen MR) is 85.7 cm³/mol. The maximum atomic E-state index is 12.4. The first-order valence-corrected chi connectivity index (χ1v) is 8.61. The number of rotatable bonds is 5. The summed E-state index contributed by atoms with van der Waals surface area (Å²) in [4.78, 5) is 27.7. The Morgan fingerprint density at radius 2 is 1.59 bits per heavy atom. The zero-order valence-corrected chi connectivity index (χ0v) is 14.0. The molecule has 1 amide bonds. The Kier molecular flexibility index (Phi) is 5.84. The lowest BCUT2D eigenvalue weighted by Gasteiger charge is -2.41. The van der Waals surface area contributed by atoms with E-state index < -0.39 is 11.4 Å². The highest BCUT2D eigenvalue weighted by Gasteiger charge is 2.31. The number of piperazine rings is 1. The van der Waals surface area contributed by atoms with E-state index in [0.29, 0.717) is 6.42 Å². The Bertz CT molecular complexity index is 395.